The van der Waals surface area contributed by atoms with Crippen molar-refractivity contribution >= 4 is 11.4 Å². The summed E-state index contributed by atoms with van der Waals surface area (Å²) in [5.74, 6) is 0.275. The first-order chi connectivity index (χ1) is 11.1. The number of piperidine rings is 1. The number of hydrogen-bond acceptors (Lipinski definition) is 7. The van der Waals surface area contributed by atoms with Gasteiger partial charge >= 0.3 is 5.69 Å². The van der Waals surface area contributed by atoms with Crippen molar-refractivity contribution in [3.8, 4) is 11.5 Å². The highest BCUT2D eigenvalue weighted by Crippen LogP contribution is 2.46. The molecule has 1 spiro atoms. The molecular formula is C15H18N2O6. The van der Waals surface area contributed by atoms with Crippen molar-refractivity contribution in [2.24, 2.45) is 0 Å². The lowest BCUT2D eigenvalue weighted by molar-refractivity contribution is -0.385. The maximum Gasteiger partial charge on any atom is 0.314 e. The van der Waals surface area contributed by atoms with Crippen molar-refractivity contribution in [1.82, 2.24) is 0 Å². The van der Waals surface area contributed by atoms with Crippen LogP contribution in [0.25, 0.3) is 0 Å². The molecule has 0 radical (unpaired) electrons. The summed E-state index contributed by atoms with van der Waals surface area (Å²) in [4.78, 5) is 12.9. The predicted molar refractivity (Wildman–Crippen MR) is 80.1 cm³/mol. The van der Waals surface area contributed by atoms with Crippen molar-refractivity contribution < 1.29 is 23.9 Å². The second-order valence-corrected chi connectivity index (χ2v) is 5.97. The first kappa shape index (κ1) is 14.5. The Balaban J connectivity index is 1.67. The molecule has 0 N–H and O–H groups in total. The molecule has 3 aliphatic heterocycles. The Morgan fingerprint density at radius 3 is 2.87 bits per heavy atom. The molecule has 0 unspecified atom stereocenters. The molecule has 0 bridgehead atoms. The minimum Gasteiger partial charge on any atom is -0.490 e. The average molecular weight is 322 g/mol. The van der Waals surface area contributed by atoms with Gasteiger partial charge < -0.3 is 23.8 Å². The topological polar surface area (TPSA) is 83.3 Å². The van der Waals surface area contributed by atoms with E-state index in [-0.39, 0.29) is 17.5 Å². The van der Waals surface area contributed by atoms with Crippen molar-refractivity contribution in [3.05, 3.63) is 22.2 Å². The van der Waals surface area contributed by atoms with E-state index in [2.05, 4.69) is 4.90 Å². The standard InChI is InChI=1S/C15H18N2O6/c1-20-13-6-11-14(7-12(13)17(18)19)21-9-10-8-15(2-3-16(10)11)22-4-5-23-15/h6-7,10H,2-5,8-9H2,1H3/t10-/m1/s1. The molecule has 2 saturated heterocycles. The molecule has 1 aromatic carbocycles. The first-order valence-corrected chi connectivity index (χ1v) is 7.66. The van der Waals surface area contributed by atoms with Crippen LogP contribution in [0.4, 0.5) is 11.4 Å². The molecule has 8 heteroatoms. The molecule has 3 heterocycles. The molecule has 4 rings (SSSR count). The monoisotopic (exact) mass is 322 g/mol. The zero-order valence-corrected chi connectivity index (χ0v) is 12.8. The Bertz CT molecular complexity index is 643. The number of rotatable bonds is 2. The van der Waals surface area contributed by atoms with Gasteiger partial charge in [-0.05, 0) is 0 Å². The van der Waals surface area contributed by atoms with Crippen LogP contribution < -0.4 is 14.4 Å². The molecule has 8 nitrogen and oxygen atoms in total. The third-order valence-electron chi connectivity index (χ3n) is 4.73. The van der Waals surface area contributed by atoms with Crippen LogP contribution in [0.2, 0.25) is 0 Å². The van der Waals surface area contributed by atoms with Crippen molar-refractivity contribution in [2.45, 2.75) is 24.7 Å². The first-order valence-electron chi connectivity index (χ1n) is 7.66. The number of nitro groups is 1. The molecule has 2 fully saturated rings. The van der Waals surface area contributed by atoms with Crippen LogP contribution in [0.3, 0.4) is 0 Å². The summed E-state index contributed by atoms with van der Waals surface area (Å²) in [6.07, 6.45) is 1.49. The van der Waals surface area contributed by atoms with Crippen molar-refractivity contribution in [2.75, 3.05) is 38.4 Å². The number of fused-ring (bicyclic) bond motifs is 3. The summed E-state index contributed by atoms with van der Waals surface area (Å²) in [6, 6.07) is 3.26. The number of benzene rings is 1. The van der Waals surface area contributed by atoms with Gasteiger partial charge in [-0.15, -0.1) is 0 Å². The molecule has 0 saturated carbocycles. The van der Waals surface area contributed by atoms with Crippen LogP contribution in [0, 0.1) is 10.1 Å². The Morgan fingerprint density at radius 1 is 1.39 bits per heavy atom. The molecule has 3 aliphatic rings. The number of ether oxygens (including phenoxy) is 4. The fraction of sp³-hybridized carbons (Fsp3) is 0.600. The molecule has 23 heavy (non-hydrogen) atoms. The zero-order chi connectivity index (χ0) is 16.0. The van der Waals surface area contributed by atoms with Gasteiger partial charge in [0.2, 0.25) is 0 Å². The Morgan fingerprint density at radius 2 is 2.17 bits per heavy atom. The van der Waals surface area contributed by atoms with Gasteiger partial charge in [-0.1, -0.05) is 0 Å². The molecule has 124 valence electrons. The average Bonchev–Trinajstić information content (AvgIpc) is 3.00. The van der Waals surface area contributed by atoms with Crippen LogP contribution in [0.15, 0.2) is 12.1 Å². The van der Waals surface area contributed by atoms with E-state index >= 15 is 0 Å². The fourth-order valence-corrected chi connectivity index (χ4v) is 3.64. The van der Waals surface area contributed by atoms with E-state index in [1.807, 2.05) is 0 Å². The summed E-state index contributed by atoms with van der Waals surface area (Å²) in [7, 11) is 1.43. The van der Waals surface area contributed by atoms with Crippen LogP contribution in [-0.4, -0.2) is 50.2 Å². The second kappa shape index (κ2) is 5.24. The molecule has 1 atom stereocenters. The van der Waals surface area contributed by atoms with Gasteiger partial charge in [-0.25, -0.2) is 0 Å². The molecule has 0 aromatic heterocycles. The lowest BCUT2D eigenvalue weighted by atomic mass is 9.94. The minimum absolute atomic E-state index is 0.0827. The lowest BCUT2D eigenvalue weighted by Crippen LogP contribution is -2.55. The quantitative estimate of drug-likeness (QED) is 0.605. The third-order valence-corrected chi connectivity index (χ3v) is 4.73. The van der Waals surface area contributed by atoms with E-state index in [1.165, 1.54) is 13.2 Å². The summed E-state index contributed by atoms with van der Waals surface area (Å²) in [5, 5.41) is 11.1. The van der Waals surface area contributed by atoms with Gasteiger partial charge in [0.1, 0.15) is 12.4 Å². The van der Waals surface area contributed by atoms with E-state index in [0.29, 0.717) is 25.6 Å². The van der Waals surface area contributed by atoms with Crippen molar-refractivity contribution in [1.29, 1.82) is 0 Å². The summed E-state index contributed by atoms with van der Waals surface area (Å²) < 4.78 is 22.5. The highest BCUT2D eigenvalue weighted by molar-refractivity contribution is 5.69. The van der Waals surface area contributed by atoms with Gasteiger partial charge in [0.05, 0.1) is 43.0 Å². The number of nitrogens with zero attached hydrogens (tertiary/aromatic N) is 2. The number of methoxy groups -OCH3 is 1. The largest absolute Gasteiger partial charge is 0.490 e. The van der Waals surface area contributed by atoms with Crippen LogP contribution in [0.5, 0.6) is 11.5 Å². The molecular weight excluding hydrogens is 304 g/mol. The van der Waals surface area contributed by atoms with Gasteiger partial charge in [0.15, 0.2) is 11.5 Å². The Labute approximate surface area is 133 Å². The molecule has 0 amide bonds. The fourth-order valence-electron chi connectivity index (χ4n) is 3.64. The summed E-state index contributed by atoms with van der Waals surface area (Å²) >= 11 is 0. The second-order valence-electron chi connectivity index (χ2n) is 5.97. The van der Waals surface area contributed by atoms with Gasteiger partial charge in [-0.3, -0.25) is 10.1 Å². The predicted octanol–water partition coefficient (Wildman–Crippen LogP) is 1.71. The summed E-state index contributed by atoms with van der Waals surface area (Å²) in [5.41, 5.74) is 0.747. The maximum atomic E-state index is 11.1. The van der Waals surface area contributed by atoms with E-state index in [4.69, 9.17) is 18.9 Å². The van der Waals surface area contributed by atoms with Gasteiger partial charge in [-0.2, -0.15) is 0 Å². The lowest BCUT2D eigenvalue weighted by Gasteiger charge is -2.47. The third kappa shape index (κ3) is 2.29. The van der Waals surface area contributed by atoms with E-state index in [0.717, 1.165) is 25.1 Å². The molecule has 0 aliphatic carbocycles. The number of anilines is 1. The highest BCUT2D eigenvalue weighted by Gasteiger charge is 2.46. The minimum atomic E-state index is -0.493. The molecule has 1 aromatic rings. The maximum absolute atomic E-state index is 11.1. The summed E-state index contributed by atoms with van der Waals surface area (Å²) in [6.45, 7) is 2.47. The zero-order valence-electron chi connectivity index (χ0n) is 12.8. The number of hydrogen-bond donors (Lipinski definition) is 0. The normalized spacial score (nSPS) is 24.7. The Kier molecular flexibility index (Phi) is 3.31. The van der Waals surface area contributed by atoms with Gasteiger partial charge in [0, 0.05) is 25.5 Å². The highest BCUT2D eigenvalue weighted by atomic mass is 16.7. The SMILES string of the molecule is COc1cc2c(cc1[N+](=O)[O-])OC[C@H]1CC3(CCN21)OCCO3. The smallest absolute Gasteiger partial charge is 0.314 e. The van der Waals surface area contributed by atoms with Crippen molar-refractivity contribution in [3.63, 3.8) is 0 Å². The van der Waals surface area contributed by atoms with Crippen LogP contribution in [-0.2, 0) is 9.47 Å². The van der Waals surface area contributed by atoms with E-state index < -0.39 is 10.7 Å². The van der Waals surface area contributed by atoms with E-state index in [9.17, 15) is 10.1 Å². The number of nitro benzene ring substituents is 1. The van der Waals surface area contributed by atoms with E-state index in [1.54, 1.807) is 6.07 Å². The van der Waals surface area contributed by atoms with Crippen LogP contribution in [0.1, 0.15) is 12.8 Å². The Hall–Kier alpha value is -2.06. The van der Waals surface area contributed by atoms with Gasteiger partial charge in [0.25, 0.3) is 0 Å². The van der Waals surface area contributed by atoms with Crippen LogP contribution >= 0.6 is 0 Å².